The van der Waals surface area contributed by atoms with Crippen LogP contribution in [0.5, 0.6) is 0 Å². The Morgan fingerprint density at radius 1 is 1.55 bits per heavy atom. The molecule has 1 atom stereocenters. The van der Waals surface area contributed by atoms with Gasteiger partial charge in [0.05, 0.1) is 17.8 Å². The number of rotatable bonds is 4. The fraction of sp³-hybridized carbons (Fsp3) is 0.333. The van der Waals surface area contributed by atoms with Gasteiger partial charge >= 0.3 is 0 Å². The van der Waals surface area contributed by atoms with Crippen LogP contribution in [0.25, 0.3) is 11.0 Å². The van der Waals surface area contributed by atoms with Gasteiger partial charge in [-0.15, -0.1) is 0 Å². The molecule has 0 aliphatic rings. The second-order valence-electron chi connectivity index (χ2n) is 4.43. The van der Waals surface area contributed by atoms with Crippen LogP contribution >= 0.6 is 0 Å². The molecule has 0 aliphatic carbocycles. The Bertz CT molecular complexity index is 679. The van der Waals surface area contributed by atoms with E-state index in [2.05, 4.69) is 15.4 Å². The highest BCUT2D eigenvalue weighted by atomic mass is 16.3. The van der Waals surface area contributed by atoms with Gasteiger partial charge < -0.3 is 16.2 Å². The van der Waals surface area contributed by atoms with Crippen molar-refractivity contribution in [1.82, 2.24) is 20.1 Å². The van der Waals surface area contributed by atoms with Crippen LogP contribution in [0, 0.1) is 6.92 Å². The molecule has 0 aromatic carbocycles. The first-order chi connectivity index (χ1) is 9.40. The number of aliphatic hydroxyl groups excluding tert-OH is 1. The van der Waals surface area contributed by atoms with Crippen LogP contribution in [-0.2, 0) is 11.8 Å². The summed E-state index contributed by atoms with van der Waals surface area (Å²) in [7, 11) is 1.77. The zero-order valence-corrected chi connectivity index (χ0v) is 11.1. The van der Waals surface area contributed by atoms with Gasteiger partial charge in [-0.1, -0.05) is 0 Å². The fourth-order valence-corrected chi connectivity index (χ4v) is 1.82. The number of nitrogens with zero attached hydrogens (tertiary/aromatic N) is 3. The number of nitrogens with one attached hydrogen (secondary N) is 1. The molecule has 8 nitrogen and oxygen atoms in total. The van der Waals surface area contributed by atoms with Crippen LogP contribution in [0.15, 0.2) is 12.3 Å². The first-order valence-corrected chi connectivity index (χ1v) is 5.95. The number of carbonyl (C=O) groups is 2. The average Bonchev–Trinajstić information content (AvgIpc) is 2.70. The minimum absolute atomic E-state index is 0.238. The molecule has 0 saturated heterocycles. The predicted octanol–water partition coefficient (Wildman–Crippen LogP) is -1.15. The fourth-order valence-electron chi connectivity index (χ4n) is 1.82. The molecule has 0 saturated carbocycles. The summed E-state index contributed by atoms with van der Waals surface area (Å²) in [5.41, 5.74) is 6.66. The molecular weight excluding hydrogens is 262 g/mol. The number of fused-ring (bicyclic) bond motifs is 1. The highest BCUT2D eigenvalue weighted by molar-refractivity contribution is 5.97. The molecule has 0 fully saturated rings. The van der Waals surface area contributed by atoms with E-state index in [9.17, 15) is 14.7 Å². The van der Waals surface area contributed by atoms with Crippen molar-refractivity contribution < 1.29 is 14.7 Å². The number of nitrogens with two attached hydrogens (primary N) is 1. The standard InChI is InChI=1S/C12H15N5O3/c1-6-8-3-7(4-14-11(8)17(2)16-6)12(20)15-5-9(18)10(13)19/h3-4,9,18H,5H2,1-2H3,(H2,13,19)(H,15,20). The van der Waals surface area contributed by atoms with E-state index >= 15 is 0 Å². The summed E-state index contributed by atoms with van der Waals surface area (Å²) in [5.74, 6) is -1.33. The third-order valence-electron chi connectivity index (χ3n) is 2.91. The number of primary amides is 1. The number of pyridine rings is 1. The average molecular weight is 277 g/mol. The van der Waals surface area contributed by atoms with Gasteiger partial charge in [0.25, 0.3) is 5.91 Å². The Labute approximate surface area is 114 Å². The second-order valence-corrected chi connectivity index (χ2v) is 4.43. The van der Waals surface area contributed by atoms with E-state index in [0.29, 0.717) is 11.2 Å². The molecule has 1 unspecified atom stereocenters. The van der Waals surface area contributed by atoms with Crippen molar-refractivity contribution in [2.75, 3.05) is 6.54 Å². The van der Waals surface area contributed by atoms with E-state index in [1.165, 1.54) is 6.20 Å². The lowest BCUT2D eigenvalue weighted by molar-refractivity contribution is -0.125. The van der Waals surface area contributed by atoms with Crippen molar-refractivity contribution >= 4 is 22.8 Å². The normalized spacial score (nSPS) is 12.3. The molecule has 20 heavy (non-hydrogen) atoms. The lowest BCUT2D eigenvalue weighted by Crippen LogP contribution is -2.40. The summed E-state index contributed by atoms with van der Waals surface area (Å²) >= 11 is 0. The highest BCUT2D eigenvalue weighted by Crippen LogP contribution is 2.16. The first kappa shape index (κ1) is 13.9. The van der Waals surface area contributed by atoms with Gasteiger partial charge in [-0.3, -0.25) is 14.3 Å². The maximum absolute atomic E-state index is 11.9. The largest absolute Gasteiger partial charge is 0.381 e. The van der Waals surface area contributed by atoms with Gasteiger partial charge in [0.2, 0.25) is 5.91 Å². The Hall–Kier alpha value is -2.48. The van der Waals surface area contributed by atoms with Crippen molar-refractivity contribution in [3.63, 3.8) is 0 Å². The van der Waals surface area contributed by atoms with Crippen LogP contribution in [0.3, 0.4) is 0 Å². The SMILES string of the molecule is Cc1nn(C)c2ncc(C(=O)NCC(O)C(N)=O)cc12. The number of aryl methyl sites for hydroxylation is 2. The van der Waals surface area contributed by atoms with Gasteiger partial charge in [-0.25, -0.2) is 4.98 Å². The molecule has 2 aromatic heterocycles. The van der Waals surface area contributed by atoms with Crippen molar-refractivity contribution in [2.24, 2.45) is 12.8 Å². The minimum Gasteiger partial charge on any atom is -0.381 e. The zero-order valence-electron chi connectivity index (χ0n) is 11.1. The molecule has 0 bridgehead atoms. The smallest absolute Gasteiger partial charge is 0.252 e. The summed E-state index contributed by atoms with van der Waals surface area (Å²) in [4.78, 5) is 26.7. The van der Waals surface area contributed by atoms with Gasteiger partial charge in [-0.05, 0) is 13.0 Å². The maximum Gasteiger partial charge on any atom is 0.252 e. The predicted molar refractivity (Wildman–Crippen MR) is 70.8 cm³/mol. The number of amides is 2. The van der Waals surface area contributed by atoms with Crippen LogP contribution in [0.4, 0.5) is 0 Å². The summed E-state index contributed by atoms with van der Waals surface area (Å²) in [6.07, 6.45) is 0.00544. The molecule has 0 spiro atoms. The molecule has 0 radical (unpaired) electrons. The Morgan fingerprint density at radius 3 is 2.90 bits per heavy atom. The number of hydrogen-bond acceptors (Lipinski definition) is 5. The molecule has 2 amide bonds. The van der Waals surface area contributed by atoms with E-state index in [4.69, 9.17) is 5.73 Å². The molecule has 8 heteroatoms. The third kappa shape index (κ3) is 2.59. The van der Waals surface area contributed by atoms with Crippen LogP contribution in [0.2, 0.25) is 0 Å². The molecule has 2 rings (SSSR count). The molecule has 4 N–H and O–H groups in total. The number of hydrogen-bond donors (Lipinski definition) is 3. The minimum atomic E-state index is -1.41. The van der Waals surface area contributed by atoms with Crippen molar-refractivity contribution in [3.05, 3.63) is 23.5 Å². The summed E-state index contributed by atoms with van der Waals surface area (Å²) in [6, 6.07) is 1.66. The summed E-state index contributed by atoms with van der Waals surface area (Å²) in [5, 5.41) is 16.6. The lowest BCUT2D eigenvalue weighted by atomic mass is 10.2. The van der Waals surface area contributed by atoms with E-state index in [1.54, 1.807) is 17.8 Å². The van der Waals surface area contributed by atoms with E-state index in [0.717, 1.165) is 11.1 Å². The quantitative estimate of drug-likeness (QED) is 0.651. The van der Waals surface area contributed by atoms with Crippen LogP contribution in [-0.4, -0.2) is 44.3 Å². The van der Waals surface area contributed by atoms with E-state index in [1.807, 2.05) is 6.92 Å². The number of carbonyl (C=O) groups excluding carboxylic acids is 2. The maximum atomic E-state index is 11.9. The Morgan fingerprint density at radius 2 is 2.25 bits per heavy atom. The molecule has 2 aromatic rings. The number of aliphatic hydroxyl groups is 1. The van der Waals surface area contributed by atoms with Gasteiger partial charge in [0.15, 0.2) is 5.65 Å². The van der Waals surface area contributed by atoms with Crippen LogP contribution < -0.4 is 11.1 Å². The van der Waals surface area contributed by atoms with Crippen molar-refractivity contribution in [1.29, 1.82) is 0 Å². The number of aromatic nitrogens is 3. The van der Waals surface area contributed by atoms with Gasteiger partial charge in [0.1, 0.15) is 6.10 Å². The molecule has 0 aliphatic heterocycles. The molecular formula is C12H15N5O3. The zero-order chi connectivity index (χ0) is 14.9. The highest BCUT2D eigenvalue weighted by Gasteiger charge is 2.15. The van der Waals surface area contributed by atoms with E-state index < -0.39 is 17.9 Å². The van der Waals surface area contributed by atoms with Gasteiger partial charge in [-0.2, -0.15) is 5.10 Å². The summed E-state index contributed by atoms with van der Waals surface area (Å²) < 4.78 is 1.63. The van der Waals surface area contributed by atoms with Gasteiger partial charge in [0, 0.05) is 18.6 Å². The summed E-state index contributed by atoms with van der Waals surface area (Å²) in [6.45, 7) is 1.58. The Kier molecular flexibility index (Phi) is 3.66. The van der Waals surface area contributed by atoms with Crippen molar-refractivity contribution in [2.45, 2.75) is 13.0 Å². The van der Waals surface area contributed by atoms with E-state index in [-0.39, 0.29) is 6.54 Å². The topological polar surface area (TPSA) is 123 Å². The molecule has 2 heterocycles. The Balaban J connectivity index is 2.18. The monoisotopic (exact) mass is 277 g/mol. The third-order valence-corrected chi connectivity index (χ3v) is 2.91. The lowest BCUT2D eigenvalue weighted by Gasteiger charge is -2.08. The first-order valence-electron chi connectivity index (χ1n) is 5.95. The van der Waals surface area contributed by atoms with Crippen LogP contribution in [0.1, 0.15) is 16.1 Å². The second kappa shape index (κ2) is 5.25. The van der Waals surface area contributed by atoms with Crippen molar-refractivity contribution in [3.8, 4) is 0 Å². The molecule has 106 valence electrons.